The quantitative estimate of drug-likeness (QED) is 0.868. The number of hydrogen-bond donors (Lipinski definition) is 1. The van der Waals surface area contributed by atoms with Gasteiger partial charge in [-0.2, -0.15) is 0 Å². The Kier molecular flexibility index (Phi) is 3.29. The van der Waals surface area contributed by atoms with Crippen LogP contribution in [0.15, 0.2) is 18.5 Å². The summed E-state index contributed by atoms with van der Waals surface area (Å²) in [6.45, 7) is 2.50. The Morgan fingerprint density at radius 2 is 2.44 bits per heavy atom. The zero-order valence-corrected chi connectivity index (χ0v) is 11.4. The first-order chi connectivity index (χ1) is 7.56. The minimum absolute atomic E-state index is 0.303. The van der Waals surface area contributed by atoms with Crippen LogP contribution >= 0.6 is 33.9 Å². The number of aromatic carboxylic acids is 1. The van der Waals surface area contributed by atoms with Crippen LogP contribution in [0.4, 0.5) is 0 Å². The number of rotatable bonds is 3. The number of carboxylic acid groups (broad SMARTS) is 1. The van der Waals surface area contributed by atoms with Gasteiger partial charge in [0.15, 0.2) is 0 Å². The molecule has 0 aliphatic carbocycles. The molecule has 84 valence electrons. The third-order valence-electron chi connectivity index (χ3n) is 2.06. The normalized spacial score (nSPS) is 10.6. The first-order valence-electron chi connectivity index (χ1n) is 4.56. The number of halogens is 1. The maximum absolute atomic E-state index is 11.0. The SMILES string of the molecule is Cc1cnc(Cn2cc(I)cc2C(=O)O)s1. The summed E-state index contributed by atoms with van der Waals surface area (Å²) in [5.74, 6) is -0.906. The molecule has 0 amide bonds. The van der Waals surface area contributed by atoms with E-state index >= 15 is 0 Å². The Morgan fingerprint density at radius 3 is 3.00 bits per heavy atom. The molecule has 0 bridgehead atoms. The van der Waals surface area contributed by atoms with Crippen molar-refractivity contribution < 1.29 is 9.90 Å². The molecule has 2 rings (SSSR count). The van der Waals surface area contributed by atoms with Gasteiger partial charge in [-0.05, 0) is 35.6 Å². The molecule has 0 aliphatic heterocycles. The fraction of sp³-hybridized carbons (Fsp3) is 0.200. The fourth-order valence-electron chi connectivity index (χ4n) is 1.40. The van der Waals surface area contributed by atoms with Gasteiger partial charge in [0.2, 0.25) is 0 Å². The summed E-state index contributed by atoms with van der Waals surface area (Å²) in [7, 11) is 0. The molecule has 0 atom stereocenters. The summed E-state index contributed by atoms with van der Waals surface area (Å²) >= 11 is 3.69. The lowest BCUT2D eigenvalue weighted by Gasteiger charge is -2.02. The Balaban J connectivity index is 2.30. The second kappa shape index (κ2) is 4.54. The van der Waals surface area contributed by atoms with Crippen LogP contribution in [-0.2, 0) is 6.54 Å². The number of aromatic nitrogens is 2. The van der Waals surface area contributed by atoms with Crippen molar-refractivity contribution in [2.45, 2.75) is 13.5 Å². The van der Waals surface area contributed by atoms with Crippen LogP contribution in [-0.4, -0.2) is 20.6 Å². The smallest absolute Gasteiger partial charge is 0.352 e. The average molecular weight is 348 g/mol. The minimum Gasteiger partial charge on any atom is -0.477 e. The molecule has 0 saturated carbocycles. The number of thiazole rings is 1. The predicted octanol–water partition coefficient (Wildman–Crippen LogP) is 2.60. The lowest BCUT2D eigenvalue weighted by molar-refractivity contribution is 0.0685. The Labute approximate surface area is 110 Å². The number of hydrogen-bond acceptors (Lipinski definition) is 3. The summed E-state index contributed by atoms with van der Waals surface area (Å²) in [4.78, 5) is 16.3. The fourth-order valence-corrected chi connectivity index (χ4v) is 2.82. The van der Waals surface area contributed by atoms with Gasteiger partial charge in [0.05, 0.1) is 6.54 Å². The van der Waals surface area contributed by atoms with E-state index in [1.165, 1.54) is 0 Å². The van der Waals surface area contributed by atoms with E-state index in [0.29, 0.717) is 12.2 Å². The summed E-state index contributed by atoms with van der Waals surface area (Å²) in [6.07, 6.45) is 3.62. The standard InChI is InChI=1S/C10H9IN2O2S/c1-6-3-12-9(16-6)5-13-4-7(11)2-8(13)10(14)15/h2-4H,5H2,1H3,(H,14,15). The zero-order valence-electron chi connectivity index (χ0n) is 8.48. The van der Waals surface area contributed by atoms with Gasteiger partial charge in [-0.3, -0.25) is 0 Å². The maximum Gasteiger partial charge on any atom is 0.352 e. The van der Waals surface area contributed by atoms with Crippen LogP contribution in [0.2, 0.25) is 0 Å². The molecular weight excluding hydrogens is 339 g/mol. The summed E-state index contributed by atoms with van der Waals surface area (Å²) < 4.78 is 2.63. The second-order valence-corrected chi connectivity index (χ2v) is 5.91. The Bertz CT molecular complexity index is 533. The molecule has 6 heteroatoms. The van der Waals surface area contributed by atoms with Gasteiger partial charge in [0.25, 0.3) is 0 Å². The molecule has 0 saturated heterocycles. The van der Waals surface area contributed by atoms with Gasteiger partial charge in [-0.15, -0.1) is 11.3 Å². The van der Waals surface area contributed by atoms with Crippen molar-refractivity contribution in [3.63, 3.8) is 0 Å². The number of carbonyl (C=O) groups is 1. The molecule has 4 nitrogen and oxygen atoms in total. The second-order valence-electron chi connectivity index (χ2n) is 3.34. The topological polar surface area (TPSA) is 55.1 Å². The van der Waals surface area contributed by atoms with Gasteiger partial charge < -0.3 is 9.67 Å². The maximum atomic E-state index is 11.0. The third-order valence-corrected chi connectivity index (χ3v) is 3.54. The van der Waals surface area contributed by atoms with E-state index in [1.807, 2.05) is 13.1 Å². The highest BCUT2D eigenvalue weighted by Gasteiger charge is 2.12. The third kappa shape index (κ3) is 2.43. The zero-order chi connectivity index (χ0) is 11.7. The minimum atomic E-state index is -0.906. The largest absolute Gasteiger partial charge is 0.477 e. The van der Waals surface area contributed by atoms with Crippen molar-refractivity contribution in [2.75, 3.05) is 0 Å². The Morgan fingerprint density at radius 1 is 1.69 bits per heavy atom. The van der Waals surface area contributed by atoms with Crippen molar-refractivity contribution in [1.29, 1.82) is 0 Å². The van der Waals surface area contributed by atoms with Crippen LogP contribution in [0.5, 0.6) is 0 Å². The molecule has 0 radical (unpaired) electrons. The number of aryl methyl sites for hydroxylation is 1. The highest BCUT2D eigenvalue weighted by molar-refractivity contribution is 14.1. The van der Waals surface area contributed by atoms with E-state index in [9.17, 15) is 4.79 Å². The van der Waals surface area contributed by atoms with E-state index in [-0.39, 0.29) is 0 Å². The molecule has 0 spiro atoms. The highest BCUT2D eigenvalue weighted by Crippen LogP contribution is 2.17. The van der Waals surface area contributed by atoms with Crippen molar-refractivity contribution in [1.82, 2.24) is 9.55 Å². The highest BCUT2D eigenvalue weighted by atomic mass is 127. The molecule has 2 aromatic rings. The van der Waals surface area contributed by atoms with Crippen molar-refractivity contribution in [2.24, 2.45) is 0 Å². The van der Waals surface area contributed by atoms with Gasteiger partial charge in [0, 0.05) is 20.8 Å². The molecule has 0 fully saturated rings. The van der Waals surface area contributed by atoms with E-state index in [2.05, 4.69) is 27.6 Å². The number of nitrogens with zero attached hydrogens (tertiary/aromatic N) is 2. The summed E-state index contributed by atoms with van der Waals surface area (Å²) in [6, 6.07) is 1.66. The van der Waals surface area contributed by atoms with Crippen LogP contribution in [0.3, 0.4) is 0 Å². The van der Waals surface area contributed by atoms with E-state index in [0.717, 1.165) is 13.5 Å². The molecule has 0 unspecified atom stereocenters. The predicted molar refractivity (Wildman–Crippen MR) is 70.1 cm³/mol. The molecule has 1 N–H and O–H groups in total. The van der Waals surface area contributed by atoms with Gasteiger partial charge in [0.1, 0.15) is 10.7 Å². The summed E-state index contributed by atoms with van der Waals surface area (Å²) in [5, 5.41) is 9.94. The Hall–Kier alpha value is -0.890. The van der Waals surface area contributed by atoms with Crippen LogP contribution in [0.25, 0.3) is 0 Å². The first kappa shape index (κ1) is 11.6. The van der Waals surface area contributed by atoms with Crippen molar-refractivity contribution >= 4 is 39.9 Å². The van der Waals surface area contributed by atoms with E-state index < -0.39 is 5.97 Å². The molecule has 2 heterocycles. The van der Waals surface area contributed by atoms with E-state index in [1.54, 1.807) is 28.2 Å². The number of carboxylic acids is 1. The van der Waals surface area contributed by atoms with Gasteiger partial charge in [-0.25, -0.2) is 9.78 Å². The van der Waals surface area contributed by atoms with Gasteiger partial charge in [-0.1, -0.05) is 0 Å². The molecular formula is C10H9IN2O2S. The van der Waals surface area contributed by atoms with Crippen LogP contribution in [0, 0.1) is 10.5 Å². The van der Waals surface area contributed by atoms with Crippen molar-refractivity contribution in [3.05, 3.63) is 37.6 Å². The molecule has 2 aromatic heterocycles. The molecule has 16 heavy (non-hydrogen) atoms. The van der Waals surface area contributed by atoms with Crippen LogP contribution in [0.1, 0.15) is 20.4 Å². The lowest BCUT2D eigenvalue weighted by atomic mass is 10.4. The average Bonchev–Trinajstić information content (AvgIpc) is 2.74. The van der Waals surface area contributed by atoms with E-state index in [4.69, 9.17) is 5.11 Å². The molecule has 0 aliphatic rings. The van der Waals surface area contributed by atoms with Crippen molar-refractivity contribution in [3.8, 4) is 0 Å². The monoisotopic (exact) mass is 348 g/mol. The summed E-state index contributed by atoms with van der Waals surface area (Å²) in [5.41, 5.74) is 0.303. The molecule has 0 aromatic carbocycles. The lowest BCUT2D eigenvalue weighted by Crippen LogP contribution is -2.08. The first-order valence-corrected chi connectivity index (χ1v) is 6.46. The van der Waals surface area contributed by atoms with Gasteiger partial charge >= 0.3 is 5.97 Å². The van der Waals surface area contributed by atoms with Crippen LogP contribution < -0.4 is 0 Å².